The Kier molecular flexibility index (Phi) is 7.52. The minimum absolute atomic E-state index is 0.113. The van der Waals surface area contributed by atoms with Crippen LogP contribution in [0.15, 0.2) is 69.6 Å². The summed E-state index contributed by atoms with van der Waals surface area (Å²) >= 11 is 1.39. The van der Waals surface area contributed by atoms with Crippen LogP contribution in [-0.4, -0.2) is 37.9 Å². The quantitative estimate of drug-likeness (QED) is 0.599. The molecule has 0 radical (unpaired) electrons. The zero-order chi connectivity index (χ0) is 23.3. The topological polar surface area (TPSA) is 88.1 Å². The van der Waals surface area contributed by atoms with Gasteiger partial charge in [0.15, 0.2) is 0 Å². The van der Waals surface area contributed by atoms with E-state index in [0.29, 0.717) is 23.6 Å². The van der Waals surface area contributed by atoms with Crippen molar-refractivity contribution in [3.8, 4) is 5.75 Å². The maximum Gasteiger partial charge on any atom is 0.282 e. The molecule has 2 aromatic rings. The van der Waals surface area contributed by atoms with Crippen LogP contribution in [0.3, 0.4) is 0 Å². The van der Waals surface area contributed by atoms with Crippen LogP contribution in [0.25, 0.3) is 0 Å². The van der Waals surface area contributed by atoms with E-state index in [-0.39, 0.29) is 11.9 Å². The smallest absolute Gasteiger partial charge is 0.282 e. The van der Waals surface area contributed by atoms with Crippen LogP contribution < -0.4 is 10.2 Å². The molecule has 9 heteroatoms. The second-order valence-corrected chi connectivity index (χ2v) is 10.0. The molecule has 7 nitrogen and oxygen atoms in total. The number of thiophene rings is 1. The van der Waals surface area contributed by atoms with Gasteiger partial charge in [-0.3, -0.25) is 10.2 Å². The molecule has 0 saturated carbocycles. The maximum atomic E-state index is 13.3. The molecule has 1 unspecified atom stereocenters. The van der Waals surface area contributed by atoms with Crippen molar-refractivity contribution in [3.63, 3.8) is 0 Å². The molecule has 0 spiro atoms. The third-order valence-corrected chi connectivity index (χ3v) is 6.33. The molecule has 1 N–H and O–H groups in total. The molecule has 1 aliphatic heterocycles. The Hall–Kier alpha value is -2.91. The lowest BCUT2D eigenvalue weighted by atomic mass is 10.0. The fourth-order valence-electron chi connectivity index (χ4n) is 3.44. The highest BCUT2D eigenvalue weighted by molar-refractivity contribution is 7.89. The Morgan fingerprint density at radius 3 is 2.66 bits per heavy atom. The minimum Gasteiger partial charge on any atom is -0.494 e. The average molecular weight is 474 g/mol. The third-order valence-electron chi connectivity index (χ3n) is 4.85. The number of benzene rings is 1. The highest BCUT2D eigenvalue weighted by atomic mass is 32.2. The number of para-hydroxylation sites is 1. The summed E-state index contributed by atoms with van der Waals surface area (Å²) < 4.78 is 32.2. The van der Waals surface area contributed by atoms with Crippen molar-refractivity contribution < 1.29 is 17.9 Å². The van der Waals surface area contributed by atoms with Gasteiger partial charge in [0.1, 0.15) is 5.75 Å². The Morgan fingerprint density at radius 1 is 1.25 bits per heavy atom. The number of carbonyl (C=O) groups is 1. The summed E-state index contributed by atoms with van der Waals surface area (Å²) in [5, 5.41) is 3.52. The van der Waals surface area contributed by atoms with Gasteiger partial charge in [0.2, 0.25) is 10.0 Å². The lowest BCUT2D eigenvalue weighted by Gasteiger charge is -2.25. The molecule has 170 valence electrons. The molecule has 1 aliphatic rings. The summed E-state index contributed by atoms with van der Waals surface area (Å²) in [5.41, 5.74) is 6.34. The molecule has 1 aromatic heterocycles. The summed E-state index contributed by atoms with van der Waals surface area (Å²) in [5.74, 6) is 0.634. The fraction of sp³-hybridized carbons (Fsp3) is 0.304. The fourth-order valence-corrected chi connectivity index (χ4v) is 4.69. The van der Waals surface area contributed by atoms with Crippen LogP contribution in [0.1, 0.15) is 48.5 Å². The van der Waals surface area contributed by atoms with E-state index in [2.05, 4.69) is 9.82 Å². The van der Waals surface area contributed by atoms with Crippen molar-refractivity contribution in [1.29, 1.82) is 0 Å². The number of ether oxygens (including phenoxy) is 1. The lowest BCUT2D eigenvalue weighted by molar-refractivity contribution is 0.0659. The van der Waals surface area contributed by atoms with Crippen LogP contribution in [0.2, 0.25) is 0 Å². The molecule has 0 bridgehead atoms. The van der Waals surface area contributed by atoms with Gasteiger partial charge in [-0.2, -0.15) is 4.40 Å². The number of nitrogens with zero attached hydrogens (tertiary/aromatic N) is 2. The highest BCUT2D eigenvalue weighted by Gasteiger charge is 2.36. The molecule has 3 rings (SSSR count). The predicted octanol–water partition coefficient (Wildman–Crippen LogP) is 4.49. The Morgan fingerprint density at radius 2 is 2.00 bits per heavy atom. The second kappa shape index (κ2) is 10.1. The average Bonchev–Trinajstić information content (AvgIpc) is 3.41. The van der Waals surface area contributed by atoms with Crippen molar-refractivity contribution in [1.82, 2.24) is 10.4 Å². The monoisotopic (exact) mass is 473 g/mol. The van der Waals surface area contributed by atoms with E-state index in [1.54, 1.807) is 30.2 Å². The van der Waals surface area contributed by atoms with E-state index in [9.17, 15) is 13.2 Å². The first-order valence-corrected chi connectivity index (χ1v) is 12.9. The predicted molar refractivity (Wildman–Crippen MR) is 128 cm³/mol. The Bertz CT molecular complexity index is 1170. The first kappa shape index (κ1) is 23.7. The third kappa shape index (κ3) is 5.86. The number of hydrazine groups is 1. The van der Waals surface area contributed by atoms with Gasteiger partial charge in [-0.25, -0.2) is 13.4 Å². The molecule has 0 aliphatic carbocycles. The highest BCUT2D eigenvalue weighted by Crippen LogP contribution is 2.39. The minimum atomic E-state index is -3.45. The van der Waals surface area contributed by atoms with E-state index in [1.165, 1.54) is 11.3 Å². The number of hydrogen-bond donors (Lipinski definition) is 1. The van der Waals surface area contributed by atoms with Gasteiger partial charge in [0.25, 0.3) is 5.91 Å². The number of amides is 1. The molecule has 32 heavy (non-hydrogen) atoms. The van der Waals surface area contributed by atoms with Crippen LogP contribution in [-0.2, 0) is 10.0 Å². The van der Waals surface area contributed by atoms with E-state index in [4.69, 9.17) is 4.74 Å². The summed E-state index contributed by atoms with van der Waals surface area (Å²) in [4.78, 5) is 13.9. The molecular formula is C23H27N3O4S2. The van der Waals surface area contributed by atoms with E-state index in [1.807, 2.05) is 49.6 Å². The van der Waals surface area contributed by atoms with Gasteiger partial charge < -0.3 is 4.74 Å². The first-order chi connectivity index (χ1) is 15.2. The van der Waals surface area contributed by atoms with Gasteiger partial charge in [-0.15, -0.1) is 11.3 Å². The Balaban J connectivity index is 1.97. The van der Waals surface area contributed by atoms with Gasteiger partial charge in [0.05, 0.1) is 29.5 Å². The van der Waals surface area contributed by atoms with Crippen LogP contribution >= 0.6 is 11.3 Å². The number of carbonyl (C=O) groups excluding carboxylic acids is 1. The van der Waals surface area contributed by atoms with Crippen LogP contribution in [0, 0.1) is 0 Å². The summed E-state index contributed by atoms with van der Waals surface area (Å²) in [7, 11) is -3.45. The number of nitrogens with one attached hydrogen (secondary N) is 1. The number of hydrogen-bond acceptors (Lipinski definition) is 6. The van der Waals surface area contributed by atoms with Crippen molar-refractivity contribution >= 4 is 33.0 Å². The van der Waals surface area contributed by atoms with E-state index >= 15 is 0 Å². The zero-order valence-corrected chi connectivity index (χ0v) is 20.2. The molecule has 1 aromatic carbocycles. The summed E-state index contributed by atoms with van der Waals surface area (Å²) in [6.07, 6.45) is 5.08. The molecule has 1 saturated heterocycles. The molecule has 2 heterocycles. The molecule has 1 atom stereocenters. The standard InChI is InChI=1S/C23H27N3O4S2/c1-5-30-21-10-7-6-9-18(21)20-15-19(16(2)12-13-17(3)25-32(4,28)29)24-26(20)23(27)22-11-8-14-31-22/h6-14,20,24H,5,15H2,1-4H3. The maximum absolute atomic E-state index is 13.3. The van der Waals surface area contributed by atoms with Crippen molar-refractivity contribution in [2.24, 2.45) is 4.40 Å². The Labute approximate surface area is 193 Å². The van der Waals surface area contributed by atoms with E-state index in [0.717, 1.165) is 28.8 Å². The van der Waals surface area contributed by atoms with Crippen molar-refractivity contribution in [3.05, 3.63) is 75.6 Å². The van der Waals surface area contributed by atoms with Gasteiger partial charge in [-0.1, -0.05) is 30.3 Å². The van der Waals surface area contributed by atoms with Crippen molar-refractivity contribution in [2.45, 2.75) is 33.2 Å². The SMILES string of the molecule is CCOc1ccccc1C1CC(=C(C)C=CC(C)=NS(C)(=O)=O)NN1C(=O)c1cccs1. The normalized spacial score (nSPS) is 18.7. The molecular weight excluding hydrogens is 446 g/mol. The van der Waals surface area contributed by atoms with Crippen LogP contribution in [0.5, 0.6) is 5.75 Å². The van der Waals surface area contributed by atoms with Gasteiger partial charge in [-0.05, 0) is 49.9 Å². The summed E-state index contributed by atoms with van der Waals surface area (Å²) in [6.45, 7) is 6.00. The second-order valence-electron chi connectivity index (χ2n) is 7.42. The molecule has 1 fully saturated rings. The number of sulfonamides is 1. The first-order valence-electron chi connectivity index (χ1n) is 10.2. The molecule has 1 amide bonds. The van der Waals surface area contributed by atoms with Crippen LogP contribution in [0.4, 0.5) is 0 Å². The lowest BCUT2D eigenvalue weighted by Crippen LogP contribution is -2.38. The zero-order valence-electron chi connectivity index (χ0n) is 18.5. The number of rotatable bonds is 7. The van der Waals surface area contributed by atoms with E-state index < -0.39 is 10.0 Å². The number of allylic oxidation sites excluding steroid dienone is 3. The van der Waals surface area contributed by atoms with Gasteiger partial charge >= 0.3 is 0 Å². The summed E-state index contributed by atoms with van der Waals surface area (Å²) in [6, 6.07) is 11.1. The van der Waals surface area contributed by atoms with Gasteiger partial charge in [0, 0.05) is 17.7 Å². The largest absolute Gasteiger partial charge is 0.494 e. The van der Waals surface area contributed by atoms with Crippen molar-refractivity contribution in [2.75, 3.05) is 12.9 Å².